The van der Waals surface area contributed by atoms with Crippen LogP contribution in [0.2, 0.25) is 0 Å². The van der Waals surface area contributed by atoms with Crippen LogP contribution in [0, 0.1) is 5.92 Å². The van der Waals surface area contributed by atoms with E-state index in [4.69, 9.17) is 4.74 Å². The van der Waals surface area contributed by atoms with E-state index in [2.05, 4.69) is 4.98 Å². The van der Waals surface area contributed by atoms with Crippen molar-refractivity contribution in [1.82, 2.24) is 9.88 Å². The van der Waals surface area contributed by atoms with Crippen molar-refractivity contribution < 1.29 is 14.3 Å². The van der Waals surface area contributed by atoms with Crippen molar-refractivity contribution in [2.75, 3.05) is 20.2 Å². The second kappa shape index (κ2) is 6.22. The summed E-state index contributed by atoms with van der Waals surface area (Å²) in [6.07, 6.45) is 3.68. The number of fused-ring (bicyclic) bond motifs is 1. The SMILES string of the molecule is COC(=O)C1CCN(C(=O)Cc2c[nH]c3ccccc23)CC1. The Morgan fingerprint density at radius 1 is 1.27 bits per heavy atom. The van der Waals surface area contributed by atoms with E-state index >= 15 is 0 Å². The molecule has 1 N–H and O–H groups in total. The van der Waals surface area contributed by atoms with E-state index in [-0.39, 0.29) is 17.8 Å². The van der Waals surface area contributed by atoms with E-state index in [1.54, 1.807) is 0 Å². The zero-order valence-electron chi connectivity index (χ0n) is 12.7. The number of H-pyrrole nitrogens is 1. The van der Waals surface area contributed by atoms with Gasteiger partial charge in [-0.15, -0.1) is 0 Å². The molecule has 1 aliphatic heterocycles. The average molecular weight is 300 g/mol. The Hall–Kier alpha value is -2.30. The van der Waals surface area contributed by atoms with E-state index in [9.17, 15) is 9.59 Å². The molecule has 3 rings (SSSR count). The van der Waals surface area contributed by atoms with Gasteiger partial charge in [-0.05, 0) is 24.5 Å². The van der Waals surface area contributed by atoms with Gasteiger partial charge in [0.05, 0.1) is 19.4 Å². The van der Waals surface area contributed by atoms with E-state index in [1.807, 2.05) is 35.4 Å². The number of rotatable bonds is 3. The summed E-state index contributed by atoms with van der Waals surface area (Å²) in [7, 11) is 1.41. The number of carbonyl (C=O) groups excluding carboxylic acids is 2. The van der Waals surface area contributed by atoms with Gasteiger partial charge in [-0.3, -0.25) is 9.59 Å². The van der Waals surface area contributed by atoms with Crippen molar-refractivity contribution in [3.8, 4) is 0 Å². The second-order valence-corrected chi connectivity index (χ2v) is 5.71. The first-order valence-corrected chi connectivity index (χ1v) is 7.59. The normalized spacial score (nSPS) is 16.0. The van der Waals surface area contributed by atoms with Crippen LogP contribution in [0.4, 0.5) is 0 Å². The summed E-state index contributed by atoms with van der Waals surface area (Å²) in [5.74, 6) is -0.112. The van der Waals surface area contributed by atoms with Crippen molar-refractivity contribution in [3.63, 3.8) is 0 Å². The minimum absolute atomic E-state index is 0.0675. The Labute approximate surface area is 129 Å². The highest BCUT2D eigenvalue weighted by Gasteiger charge is 2.28. The van der Waals surface area contributed by atoms with Crippen LogP contribution in [0.15, 0.2) is 30.5 Å². The number of ether oxygens (including phenoxy) is 1. The number of nitrogens with zero attached hydrogens (tertiary/aromatic N) is 1. The molecular weight excluding hydrogens is 280 g/mol. The summed E-state index contributed by atoms with van der Waals surface area (Å²) < 4.78 is 4.77. The van der Waals surface area contributed by atoms with E-state index in [1.165, 1.54) is 7.11 Å². The Balaban J connectivity index is 1.62. The Morgan fingerprint density at radius 3 is 2.73 bits per heavy atom. The van der Waals surface area contributed by atoms with Crippen LogP contribution in [-0.4, -0.2) is 42.0 Å². The number of hydrogen-bond donors (Lipinski definition) is 1. The van der Waals surface area contributed by atoms with Gasteiger partial charge in [-0.25, -0.2) is 0 Å². The highest BCUT2D eigenvalue weighted by atomic mass is 16.5. The molecule has 1 aliphatic rings. The molecule has 0 unspecified atom stereocenters. The highest BCUT2D eigenvalue weighted by Crippen LogP contribution is 2.22. The van der Waals surface area contributed by atoms with E-state index < -0.39 is 0 Å². The van der Waals surface area contributed by atoms with Crippen molar-refractivity contribution in [2.45, 2.75) is 19.3 Å². The van der Waals surface area contributed by atoms with Gasteiger partial charge < -0.3 is 14.6 Å². The molecule has 1 aromatic heterocycles. The predicted octanol–water partition coefficient (Wildman–Crippen LogP) is 2.12. The maximum Gasteiger partial charge on any atom is 0.308 e. The molecule has 116 valence electrons. The fourth-order valence-electron chi connectivity index (χ4n) is 3.08. The molecule has 0 saturated carbocycles. The highest BCUT2D eigenvalue weighted by molar-refractivity contribution is 5.89. The number of piperidine rings is 1. The molecule has 1 aromatic carbocycles. The molecule has 2 aromatic rings. The number of aromatic amines is 1. The lowest BCUT2D eigenvalue weighted by Gasteiger charge is -2.30. The van der Waals surface area contributed by atoms with Gasteiger partial charge in [-0.2, -0.15) is 0 Å². The van der Waals surface area contributed by atoms with Crippen LogP contribution in [0.5, 0.6) is 0 Å². The molecule has 5 heteroatoms. The minimum Gasteiger partial charge on any atom is -0.469 e. The van der Waals surface area contributed by atoms with Gasteiger partial charge >= 0.3 is 5.97 Å². The van der Waals surface area contributed by atoms with Crippen LogP contribution in [0.1, 0.15) is 18.4 Å². The molecule has 22 heavy (non-hydrogen) atoms. The monoisotopic (exact) mass is 300 g/mol. The molecular formula is C17H20N2O3. The van der Waals surface area contributed by atoms with Crippen molar-refractivity contribution in [3.05, 3.63) is 36.0 Å². The number of carbonyl (C=O) groups is 2. The molecule has 0 bridgehead atoms. The minimum atomic E-state index is -0.163. The van der Waals surface area contributed by atoms with Gasteiger partial charge in [0.25, 0.3) is 0 Å². The van der Waals surface area contributed by atoms with Crippen LogP contribution in [-0.2, 0) is 20.7 Å². The zero-order valence-corrected chi connectivity index (χ0v) is 12.7. The van der Waals surface area contributed by atoms with Crippen LogP contribution < -0.4 is 0 Å². The number of nitrogens with one attached hydrogen (secondary N) is 1. The lowest BCUT2D eigenvalue weighted by atomic mass is 9.96. The molecule has 1 amide bonds. The number of hydrogen-bond acceptors (Lipinski definition) is 3. The first kappa shape index (κ1) is 14.6. The first-order chi connectivity index (χ1) is 10.7. The first-order valence-electron chi connectivity index (χ1n) is 7.59. The number of esters is 1. The van der Waals surface area contributed by atoms with E-state index in [0.717, 1.165) is 16.5 Å². The summed E-state index contributed by atoms with van der Waals surface area (Å²) in [5.41, 5.74) is 2.07. The fraction of sp³-hybridized carbons (Fsp3) is 0.412. The largest absolute Gasteiger partial charge is 0.469 e. The summed E-state index contributed by atoms with van der Waals surface area (Å²) in [6, 6.07) is 7.98. The lowest BCUT2D eigenvalue weighted by molar-refractivity contribution is -0.148. The quantitative estimate of drug-likeness (QED) is 0.883. The third-order valence-corrected chi connectivity index (χ3v) is 4.40. The molecule has 0 atom stereocenters. The number of likely N-dealkylation sites (tertiary alicyclic amines) is 1. The summed E-state index contributed by atoms with van der Waals surface area (Å²) >= 11 is 0. The molecule has 2 heterocycles. The number of benzene rings is 1. The molecule has 5 nitrogen and oxygen atoms in total. The van der Waals surface area contributed by atoms with Crippen molar-refractivity contribution in [1.29, 1.82) is 0 Å². The number of methoxy groups -OCH3 is 1. The summed E-state index contributed by atoms with van der Waals surface area (Å²) in [5, 5.41) is 1.10. The van der Waals surface area contributed by atoms with Crippen LogP contribution in [0.3, 0.4) is 0 Å². The Kier molecular flexibility index (Phi) is 4.13. The standard InChI is InChI=1S/C17H20N2O3/c1-22-17(21)12-6-8-19(9-7-12)16(20)10-13-11-18-15-5-3-2-4-14(13)15/h2-5,11-12,18H,6-10H2,1H3. The molecule has 0 radical (unpaired) electrons. The maximum absolute atomic E-state index is 12.5. The number of para-hydroxylation sites is 1. The van der Waals surface area contributed by atoms with Crippen LogP contribution >= 0.6 is 0 Å². The summed E-state index contributed by atoms with van der Waals surface area (Å²) in [6.45, 7) is 1.25. The van der Waals surface area contributed by atoms with Crippen molar-refractivity contribution >= 4 is 22.8 Å². The van der Waals surface area contributed by atoms with Gasteiger partial charge in [0.1, 0.15) is 0 Å². The zero-order chi connectivity index (χ0) is 15.5. The molecule has 1 fully saturated rings. The van der Waals surface area contributed by atoms with Crippen molar-refractivity contribution in [2.24, 2.45) is 5.92 Å². The van der Waals surface area contributed by atoms with E-state index in [0.29, 0.717) is 32.4 Å². The topological polar surface area (TPSA) is 62.4 Å². The second-order valence-electron chi connectivity index (χ2n) is 5.71. The molecule has 0 spiro atoms. The molecule has 1 saturated heterocycles. The third-order valence-electron chi connectivity index (χ3n) is 4.40. The lowest BCUT2D eigenvalue weighted by Crippen LogP contribution is -2.41. The van der Waals surface area contributed by atoms with Gasteiger partial charge in [0, 0.05) is 30.2 Å². The number of amides is 1. The van der Waals surface area contributed by atoms with Gasteiger partial charge in [0.15, 0.2) is 0 Å². The third kappa shape index (κ3) is 2.84. The average Bonchev–Trinajstić information content (AvgIpc) is 2.97. The smallest absolute Gasteiger partial charge is 0.308 e. The fourth-order valence-corrected chi connectivity index (χ4v) is 3.08. The Bertz CT molecular complexity index is 684. The van der Waals surface area contributed by atoms with Crippen LogP contribution in [0.25, 0.3) is 10.9 Å². The van der Waals surface area contributed by atoms with Gasteiger partial charge in [-0.1, -0.05) is 18.2 Å². The Morgan fingerprint density at radius 2 is 2.00 bits per heavy atom. The predicted molar refractivity (Wildman–Crippen MR) is 83.3 cm³/mol. The van der Waals surface area contributed by atoms with Gasteiger partial charge in [0.2, 0.25) is 5.91 Å². The summed E-state index contributed by atoms with van der Waals surface area (Å²) in [4.78, 5) is 29.0. The molecule has 0 aliphatic carbocycles. The number of aromatic nitrogens is 1. The maximum atomic E-state index is 12.5.